The number of anilines is 1. The minimum absolute atomic E-state index is 0.105. The highest BCUT2D eigenvalue weighted by Gasteiger charge is 2.21. The molecule has 0 aliphatic rings. The van der Waals surface area contributed by atoms with Crippen LogP contribution in [0.15, 0.2) is 60.7 Å². The summed E-state index contributed by atoms with van der Waals surface area (Å²) in [5.74, 6) is -0.317. The van der Waals surface area contributed by atoms with Gasteiger partial charge in [0.05, 0.1) is 12.0 Å². The van der Waals surface area contributed by atoms with Crippen LogP contribution >= 0.6 is 11.6 Å². The summed E-state index contributed by atoms with van der Waals surface area (Å²) in [6.45, 7) is -3.05. The number of nitro benzene ring substituents is 1. The molecular weight excluding hydrogens is 434 g/mol. The number of amides is 1. The molecule has 3 rings (SSSR count). The number of carbonyl (C=O) groups excluding carboxylic acids is 1. The standard InChI is InChI=1S/C21H15ClF2N2O5/c1-30-15-6-2-12(3-7-15)16-11-14(5-9-19(16)31-21(23)24)25-20(27)17-10-13(22)4-8-18(17)26(28)29/h2-11,21H,1H3,(H,25,27). The fourth-order valence-electron chi connectivity index (χ4n) is 2.85. The highest BCUT2D eigenvalue weighted by Crippen LogP contribution is 2.35. The van der Waals surface area contributed by atoms with Gasteiger partial charge in [-0.1, -0.05) is 23.7 Å². The average molecular weight is 449 g/mol. The largest absolute Gasteiger partial charge is 0.497 e. The number of alkyl halides is 2. The molecular formula is C21H15ClF2N2O5. The minimum atomic E-state index is -3.05. The Balaban J connectivity index is 1.98. The fraction of sp³-hybridized carbons (Fsp3) is 0.0952. The van der Waals surface area contributed by atoms with Crippen LogP contribution in [-0.4, -0.2) is 24.6 Å². The Morgan fingerprint density at radius 3 is 2.42 bits per heavy atom. The molecule has 0 heterocycles. The summed E-state index contributed by atoms with van der Waals surface area (Å²) in [5, 5.41) is 13.9. The van der Waals surface area contributed by atoms with Gasteiger partial charge in [0.2, 0.25) is 0 Å². The normalized spacial score (nSPS) is 10.6. The van der Waals surface area contributed by atoms with Gasteiger partial charge >= 0.3 is 6.61 Å². The molecule has 160 valence electrons. The molecule has 0 aliphatic heterocycles. The van der Waals surface area contributed by atoms with Crippen molar-refractivity contribution in [3.63, 3.8) is 0 Å². The first kappa shape index (κ1) is 22.0. The van der Waals surface area contributed by atoms with Gasteiger partial charge in [-0.25, -0.2) is 0 Å². The predicted octanol–water partition coefficient (Wildman–Crippen LogP) is 5.78. The molecule has 0 saturated heterocycles. The number of rotatable bonds is 7. The molecule has 0 saturated carbocycles. The molecule has 0 unspecified atom stereocenters. The van der Waals surface area contributed by atoms with Crippen LogP contribution in [0.5, 0.6) is 11.5 Å². The number of carbonyl (C=O) groups is 1. The van der Waals surface area contributed by atoms with E-state index < -0.39 is 23.1 Å². The van der Waals surface area contributed by atoms with E-state index in [1.165, 1.54) is 37.4 Å². The number of methoxy groups -OCH3 is 1. The van der Waals surface area contributed by atoms with Crippen molar-refractivity contribution >= 4 is 28.9 Å². The first-order valence-electron chi connectivity index (χ1n) is 8.77. The van der Waals surface area contributed by atoms with Crippen molar-refractivity contribution in [1.29, 1.82) is 0 Å². The molecule has 0 spiro atoms. The summed E-state index contributed by atoms with van der Waals surface area (Å²) in [4.78, 5) is 23.2. The predicted molar refractivity (Wildman–Crippen MR) is 111 cm³/mol. The fourth-order valence-corrected chi connectivity index (χ4v) is 3.02. The van der Waals surface area contributed by atoms with Crippen molar-refractivity contribution in [2.75, 3.05) is 12.4 Å². The van der Waals surface area contributed by atoms with Crippen LogP contribution in [0, 0.1) is 10.1 Å². The van der Waals surface area contributed by atoms with Gasteiger partial charge in [0.25, 0.3) is 11.6 Å². The van der Waals surface area contributed by atoms with Crippen LogP contribution in [0.2, 0.25) is 5.02 Å². The van der Waals surface area contributed by atoms with E-state index in [1.807, 2.05) is 0 Å². The third-order valence-electron chi connectivity index (χ3n) is 4.25. The van der Waals surface area contributed by atoms with E-state index in [2.05, 4.69) is 10.1 Å². The summed E-state index contributed by atoms with van der Waals surface area (Å²) in [7, 11) is 1.49. The third kappa shape index (κ3) is 5.26. The molecule has 0 atom stereocenters. The van der Waals surface area contributed by atoms with Crippen molar-refractivity contribution < 1.29 is 28.0 Å². The third-order valence-corrected chi connectivity index (χ3v) is 4.49. The lowest BCUT2D eigenvalue weighted by molar-refractivity contribution is -0.385. The van der Waals surface area contributed by atoms with E-state index in [0.29, 0.717) is 11.3 Å². The molecule has 3 aromatic carbocycles. The maximum Gasteiger partial charge on any atom is 0.387 e. The second-order valence-corrected chi connectivity index (χ2v) is 6.63. The zero-order valence-electron chi connectivity index (χ0n) is 16.0. The highest BCUT2D eigenvalue weighted by atomic mass is 35.5. The molecule has 1 N–H and O–H groups in total. The van der Waals surface area contributed by atoms with Gasteiger partial charge in [0.15, 0.2) is 0 Å². The quantitative estimate of drug-likeness (QED) is 0.365. The van der Waals surface area contributed by atoms with E-state index in [4.69, 9.17) is 16.3 Å². The lowest BCUT2D eigenvalue weighted by atomic mass is 10.0. The van der Waals surface area contributed by atoms with Gasteiger partial charge in [0.1, 0.15) is 17.1 Å². The van der Waals surface area contributed by atoms with E-state index in [0.717, 1.165) is 6.07 Å². The maximum absolute atomic E-state index is 12.8. The van der Waals surface area contributed by atoms with Crippen LogP contribution in [0.1, 0.15) is 10.4 Å². The molecule has 3 aromatic rings. The second kappa shape index (κ2) is 9.40. The smallest absolute Gasteiger partial charge is 0.387 e. The molecule has 1 amide bonds. The van der Waals surface area contributed by atoms with Gasteiger partial charge in [-0.3, -0.25) is 14.9 Å². The number of halogens is 3. The molecule has 7 nitrogen and oxygen atoms in total. The Morgan fingerprint density at radius 1 is 1.10 bits per heavy atom. The van der Waals surface area contributed by atoms with E-state index in [-0.39, 0.29) is 27.6 Å². The van der Waals surface area contributed by atoms with Crippen molar-refractivity contribution in [1.82, 2.24) is 0 Å². The van der Waals surface area contributed by atoms with Crippen molar-refractivity contribution in [3.05, 3.63) is 81.4 Å². The van der Waals surface area contributed by atoms with Gasteiger partial charge < -0.3 is 14.8 Å². The summed E-state index contributed by atoms with van der Waals surface area (Å²) in [5.41, 5.74) is 0.362. The molecule has 0 aromatic heterocycles. The van der Waals surface area contributed by atoms with Crippen molar-refractivity contribution in [2.45, 2.75) is 6.61 Å². The lowest BCUT2D eigenvalue weighted by Crippen LogP contribution is -2.14. The Kier molecular flexibility index (Phi) is 6.66. The summed E-state index contributed by atoms with van der Waals surface area (Å²) in [6, 6.07) is 14.2. The number of nitrogens with one attached hydrogen (secondary N) is 1. The van der Waals surface area contributed by atoms with E-state index >= 15 is 0 Å². The Labute approximate surface area is 180 Å². The van der Waals surface area contributed by atoms with Gasteiger partial charge in [-0.05, 0) is 48.0 Å². The topological polar surface area (TPSA) is 90.7 Å². The monoisotopic (exact) mass is 448 g/mol. The summed E-state index contributed by atoms with van der Waals surface area (Å²) < 4.78 is 35.3. The number of hydrogen-bond donors (Lipinski definition) is 1. The molecule has 0 bridgehead atoms. The van der Waals surface area contributed by atoms with Crippen LogP contribution in [0.25, 0.3) is 11.1 Å². The number of nitrogens with zero attached hydrogens (tertiary/aromatic N) is 1. The first-order chi connectivity index (χ1) is 14.8. The number of ether oxygens (including phenoxy) is 2. The Morgan fingerprint density at radius 2 is 1.81 bits per heavy atom. The number of nitro groups is 1. The molecule has 0 radical (unpaired) electrons. The second-order valence-electron chi connectivity index (χ2n) is 6.19. The van der Waals surface area contributed by atoms with Crippen LogP contribution in [-0.2, 0) is 0 Å². The van der Waals surface area contributed by atoms with Gasteiger partial charge in [-0.15, -0.1) is 0 Å². The van der Waals surface area contributed by atoms with E-state index in [1.54, 1.807) is 24.3 Å². The maximum atomic E-state index is 12.8. The highest BCUT2D eigenvalue weighted by molar-refractivity contribution is 6.31. The lowest BCUT2D eigenvalue weighted by Gasteiger charge is -2.14. The Bertz CT molecular complexity index is 1120. The summed E-state index contributed by atoms with van der Waals surface area (Å²) >= 11 is 5.87. The minimum Gasteiger partial charge on any atom is -0.497 e. The first-order valence-corrected chi connectivity index (χ1v) is 9.15. The zero-order valence-corrected chi connectivity index (χ0v) is 16.7. The molecule has 0 aliphatic carbocycles. The van der Waals surface area contributed by atoms with E-state index in [9.17, 15) is 23.7 Å². The van der Waals surface area contributed by atoms with Gasteiger partial charge in [-0.2, -0.15) is 8.78 Å². The van der Waals surface area contributed by atoms with Crippen LogP contribution < -0.4 is 14.8 Å². The van der Waals surface area contributed by atoms with Crippen molar-refractivity contribution in [2.24, 2.45) is 0 Å². The molecule has 31 heavy (non-hydrogen) atoms. The van der Waals surface area contributed by atoms with Gasteiger partial charge in [0, 0.05) is 22.3 Å². The number of hydrogen-bond acceptors (Lipinski definition) is 5. The summed E-state index contributed by atoms with van der Waals surface area (Å²) in [6.07, 6.45) is 0. The average Bonchev–Trinajstić information content (AvgIpc) is 2.74. The number of benzene rings is 3. The van der Waals surface area contributed by atoms with Crippen molar-refractivity contribution in [3.8, 4) is 22.6 Å². The van der Waals surface area contributed by atoms with Crippen LogP contribution in [0.3, 0.4) is 0 Å². The SMILES string of the molecule is COc1ccc(-c2cc(NC(=O)c3cc(Cl)ccc3[N+](=O)[O-])ccc2OC(F)F)cc1. The zero-order chi connectivity index (χ0) is 22.5. The van der Waals surface area contributed by atoms with Crippen LogP contribution in [0.4, 0.5) is 20.2 Å². The Hall–Kier alpha value is -3.72. The molecule has 0 fully saturated rings. The molecule has 10 heteroatoms.